The molecule has 118 valence electrons. The van der Waals surface area contributed by atoms with Crippen LogP contribution in [-0.4, -0.2) is 37.4 Å². The van der Waals surface area contributed by atoms with E-state index in [4.69, 9.17) is 4.74 Å². The molecule has 2 rings (SSSR count). The normalized spacial score (nSPS) is 11.1. The lowest BCUT2D eigenvalue weighted by atomic mass is 9.99. The van der Waals surface area contributed by atoms with Crippen LogP contribution in [0.2, 0.25) is 0 Å². The molecule has 2 aromatic carbocycles. The number of fused-ring (bicyclic) bond motifs is 1. The van der Waals surface area contributed by atoms with Crippen molar-refractivity contribution in [3.63, 3.8) is 0 Å². The van der Waals surface area contributed by atoms with Crippen molar-refractivity contribution in [1.82, 2.24) is 4.90 Å². The van der Waals surface area contributed by atoms with Gasteiger partial charge in [0.25, 0.3) is 0 Å². The molecule has 0 bridgehead atoms. The molecule has 0 atom stereocenters. The molecule has 3 nitrogen and oxygen atoms in total. The largest absolute Gasteiger partial charge is 0.496 e. The van der Waals surface area contributed by atoms with Gasteiger partial charge in [0, 0.05) is 0 Å². The summed E-state index contributed by atoms with van der Waals surface area (Å²) >= 11 is 0. The van der Waals surface area contributed by atoms with E-state index in [1.807, 2.05) is 36.4 Å². The predicted octanol–water partition coefficient (Wildman–Crippen LogP) is 4.15. The molecule has 0 heterocycles. The highest BCUT2D eigenvalue weighted by atomic mass is 16.5. The molecule has 0 aliphatic rings. The van der Waals surface area contributed by atoms with Gasteiger partial charge in [-0.3, -0.25) is 9.69 Å². The number of carbonyl (C=O) groups is 1. The van der Waals surface area contributed by atoms with Crippen LogP contribution in [0.3, 0.4) is 0 Å². The molecule has 0 aromatic heterocycles. The molecule has 0 aliphatic carbocycles. The van der Waals surface area contributed by atoms with Crippen molar-refractivity contribution in [3.8, 4) is 5.75 Å². The molecule has 0 radical (unpaired) electrons. The van der Waals surface area contributed by atoms with Crippen LogP contribution in [0.4, 0.5) is 0 Å². The van der Waals surface area contributed by atoms with Gasteiger partial charge in [-0.05, 0) is 42.8 Å². The Labute approximate surface area is 132 Å². The predicted molar refractivity (Wildman–Crippen MR) is 91.9 cm³/mol. The van der Waals surface area contributed by atoms with E-state index in [0.29, 0.717) is 17.9 Å². The van der Waals surface area contributed by atoms with Gasteiger partial charge in [0.15, 0.2) is 5.78 Å². The smallest absolute Gasteiger partial charge is 0.181 e. The maximum absolute atomic E-state index is 12.9. The van der Waals surface area contributed by atoms with Crippen molar-refractivity contribution in [2.45, 2.75) is 26.7 Å². The number of rotatable bonds is 8. The summed E-state index contributed by atoms with van der Waals surface area (Å²) in [7, 11) is 1.62. The van der Waals surface area contributed by atoms with Gasteiger partial charge in [-0.25, -0.2) is 0 Å². The number of carbonyl (C=O) groups excluding carboxylic acids is 1. The second-order valence-electron chi connectivity index (χ2n) is 5.56. The summed E-state index contributed by atoms with van der Waals surface area (Å²) in [5.41, 5.74) is 0.706. The van der Waals surface area contributed by atoms with Gasteiger partial charge in [0.05, 0.1) is 19.2 Å². The van der Waals surface area contributed by atoms with Crippen LogP contribution >= 0.6 is 0 Å². The van der Waals surface area contributed by atoms with E-state index in [1.54, 1.807) is 7.11 Å². The molecule has 22 heavy (non-hydrogen) atoms. The Morgan fingerprint density at radius 3 is 2.36 bits per heavy atom. The fraction of sp³-hybridized carbons (Fsp3) is 0.421. The molecule has 0 unspecified atom stereocenters. The molecule has 0 spiro atoms. The summed E-state index contributed by atoms with van der Waals surface area (Å²) in [5, 5.41) is 2.05. The van der Waals surface area contributed by atoms with Crippen LogP contribution in [0.15, 0.2) is 36.4 Å². The topological polar surface area (TPSA) is 29.5 Å². The number of methoxy groups -OCH3 is 1. The highest BCUT2D eigenvalue weighted by molar-refractivity contribution is 6.11. The van der Waals surface area contributed by atoms with E-state index < -0.39 is 0 Å². The third kappa shape index (κ3) is 3.66. The molecular formula is C19H25NO2. The van der Waals surface area contributed by atoms with Gasteiger partial charge in [-0.2, -0.15) is 0 Å². The number of hydrogen-bond acceptors (Lipinski definition) is 3. The third-order valence-corrected chi connectivity index (χ3v) is 3.84. The minimum Gasteiger partial charge on any atom is -0.496 e. The quantitative estimate of drug-likeness (QED) is 0.686. The summed E-state index contributed by atoms with van der Waals surface area (Å²) in [4.78, 5) is 15.1. The fourth-order valence-corrected chi connectivity index (χ4v) is 2.89. The van der Waals surface area contributed by atoms with Gasteiger partial charge in [0.1, 0.15) is 5.75 Å². The molecule has 0 N–H and O–H groups in total. The van der Waals surface area contributed by atoms with Crippen LogP contribution in [0.25, 0.3) is 10.8 Å². The zero-order chi connectivity index (χ0) is 15.9. The Balaban J connectivity index is 2.37. The average Bonchev–Trinajstić information content (AvgIpc) is 2.54. The average molecular weight is 299 g/mol. The lowest BCUT2D eigenvalue weighted by molar-refractivity contribution is 0.0929. The lowest BCUT2D eigenvalue weighted by Crippen LogP contribution is -2.31. The first-order chi connectivity index (χ1) is 10.7. The fourth-order valence-electron chi connectivity index (χ4n) is 2.89. The van der Waals surface area contributed by atoms with Crippen molar-refractivity contribution >= 4 is 16.6 Å². The van der Waals surface area contributed by atoms with E-state index in [9.17, 15) is 4.79 Å². The van der Waals surface area contributed by atoms with Crippen LogP contribution in [-0.2, 0) is 0 Å². The summed E-state index contributed by atoms with van der Waals surface area (Å²) in [6.45, 7) is 6.64. The van der Waals surface area contributed by atoms with Gasteiger partial charge in [-0.1, -0.05) is 44.2 Å². The molecule has 0 saturated carbocycles. The molecule has 3 heteroatoms. The van der Waals surface area contributed by atoms with E-state index in [2.05, 4.69) is 18.7 Å². The maximum atomic E-state index is 12.9. The number of nitrogens with zero attached hydrogens (tertiary/aromatic N) is 1. The van der Waals surface area contributed by atoms with E-state index in [1.165, 1.54) is 0 Å². The maximum Gasteiger partial charge on any atom is 0.181 e. The van der Waals surface area contributed by atoms with Crippen LogP contribution in [0, 0.1) is 0 Å². The van der Waals surface area contributed by atoms with E-state index >= 15 is 0 Å². The van der Waals surface area contributed by atoms with Crippen LogP contribution in [0.1, 0.15) is 37.0 Å². The van der Waals surface area contributed by atoms with Crippen LogP contribution in [0.5, 0.6) is 5.75 Å². The highest BCUT2D eigenvalue weighted by Crippen LogP contribution is 2.28. The first kappa shape index (κ1) is 16.5. The van der Waals surface area contributed by atoms with Gasteiger partial charge in [0.2, 0.25) is 0 Å². The second kappa shape index (κ2) is 7.95. The Kier molecular flexibility index (Phi) is 5.96. The van der Waals surface area contributed by atoms with E-state index in [0.717, 1.165) is 36.7 Å². The van der Waals surface area contributed by atoms with Crippen molar-refractivity contribution in [3.05, 3.63) is 42.0 Å². The zero-order valence-electron chi connectivity index (χ0n) is 13.8. The SMILES string of the molecule is CCCN(CCC)CC(=O)c1c(OC)ccc2ccccc12. The molecule has 0 amide bonds. The van der Waals surface area contributed by atoms with Gasteiger partial charge >= 0.3 is 0 Å². The first-order valence-corrected chi connectivity index (χ1v) is 8.02. The van der Waals surface area contributed by atoms with Crippen LogP contribution < -0.4 is 4.74 Å². The van der Waals surface area contributed by atoms with Crippen molar-refractivity contribution in [1.29, 1.82) is 0 Å². The van der Waals surface area contributed by atoms with Crippen molar-refractivity contribution < 1.29 is 9.53 Å². The molecule has 0 fully saturated rings. The molecule has 2 aromatic rings. The number of ketones is 1. The molecule has 0 aliphatic heterocycles. The standard InChI is InChI=1S/C19H25NO2/c1-4-12-20(13-5-2)14-17(21)19-16-9-7-6-8-15(16)10-11-18(19)22-3/h6-11H,4-5,12-14H2,1-3H3. The van der Waals surface area contributed by atoms with Crippen molar-refractivity contribution in [2.75, 3.05) is 26.7 Å². The lowest BCUT2D eigenvalue weighted by Gasteiger charge is -2.21. The minimum atomic E-state index is 0.135. The second-order valence-corrected chi connectivity index (χ2v) is 5.56. The summed E-state index contributed by atoms with van der Waals surface area (Å²) in [5.74, 6) is 0.798. The number of ether oxygens (including phenoxy) is 1. The van der Waals surface area contributed by atoms with Gasteiger partial charge < -0.3 is 4.74 Å². The number of hydrogen-bond donors (Lipinski definition) is 0. The van der Waals surface area contributed by atoms with Crippen molar-refractivity contribution in [2.24, 2.45) is 0 Å². The van der Waals surface area contributed by atoms with E-state index in [-0.39, 0.29) is 5.78 Å². The first-order valence-electron chi connectivity index (χ1n) is 8.02. The number of Topliss-reactive ketones (excluding diaryl/α,β-unsaturated/α-hetero) is 1. The highest BCUT2D eigenvalue weighted by Gasteiger charge is 2.18. The third-order valence-electron chi connectivity index (χ3n) is 3.84. The minimum absolute atomic E-state index is 0.135. The Morgan fingerprint density at radius 2 is 1.73 bits per heavy atom. The Bertz CT molecular complexity index is 630. The monoisotopic (exact) mass is 299 g/mol. The van der Waals surface area contributed by atoms with Gasteiger partial charge in [-0.15, -0.1) is 0 Å². The number of benzene rings is 2. The molecule has 0 saturated heterocycles. The summed E-state index contributed by atoms with van der Waals surface area (Å²) in [6.07, 6.45) is 2.11. The molecular weight excluding hydrogens is 274 g/mol. The summed E-state index contributed by atoms with van der Waals surface area (Å²) < 4.78 is 5.44. The Hall–Kier alpha value is -1.87. The Morgan fingerprint density at radius 1 is 1.05 bits per heavy atom. The summed E-state index contributed by atoms with van der Waals surface area (Å²) in [6, 6.07) is 11.9. The zero-order valence-corrected chi connectivity index (χ0v) is 13.8.